The minimum Gasteiger partial charge on any atom is -0.496 e. The van der Waals surface area contributed by atoms with Gasteiger partial charge in [0.15, 0.2) is 5.82 Å². The van der Waals surface area contributed by atoms with Gasteiger partial charge in [-0.25, -0.2) is 13.1 Å². The number of primary amides is 1. The molecule has 2 heterocycles. The molecule has 0 spiro atoms. The normalized spacial score (nSPS) is 11.2. The van der Waals surface area contributed by atoms with Gasteiger partial charge < -0.3 is 15.2 Å². The van der Waals surface area contributed by atoms with Crippen molar-refractivity contribution in [3.05, 3.63) is 77.6 Å². The van der Waals surface area contributed by atoms with Crippen molar-refractivity contribution in [2.24, 2.45) is 5.73 Å². The molecule has 0 saturated heterocycles. The van der Waals surface area contributed by atoms with E-state index < -0.39 is 15.9 Å². The zero-order valence-electron chi connectivity index (χ0n) is 19.1. The zero-order chi connectivity index (χ0) is 25.2. The van der Waals surface area contributed by atoms with Gasteiger partial charge in [-0.1, -0.05) is 0 Å². The van der Waals surface area contributed by atoms with E-state index in [9.17, 15) is 13.2 Å². The molecule has 0 fully saturated rings. The van der Waals surface area contributed by atoms with Crippen LogP contribution in [-0.4, -0.2) is 41.4 Å². The number of rotatable bonds is 8. The number of methoxy groups -OCH3 is 1. The summed E-state index contributed by atoms with van der Waals surface area (Å²) >= 11 is 0. The fourth-order valence-corrected chi connectivity index (χ4v) is 4.40. The van der Waals surface area contributed by atoms with Gasteiger partial charge in [0.05, 0.1) is 23.3 Å². The number of amides is 1. The number of nitrogens with one attached hydrogen (secondary N) is 1. The Morgan fingerprint density at radius 2 is 1.74 bits per heavy atom. The highest BCUT2D eigenvalue weighted by atomic mass is 32.2. The Morgan fingerprint density at radius 1 is 1.00 bits per heavy atom. The van der Waals surface area contributed by atoms with Crippen molar-refractivity contribution in [3.63, 3.8) is 0 Å². The minimum atomic E-state index is -3.98. The van der Waals surface area contributed by atoms with Gasteiger partial charge in [-0.2, -0.15) is 5.10 Å². The molecule has 2 aromatic heterocycles. The fourth-order valence-electron chi connectivity index (χ4n) is 3.31. The van der Waals surface area contributed by atoms with Crippen LogP contribution < -0.4 is 19.9 Å². The van der Waals surface area contributed by atoms with E-state index in [4.69, 9.17) is 15.2 Å². The molecule has 35 heavy (non-hydrogen) atoms. The van der Waals surface area contributed by atoms with Crippen molar-refractivity contribution in [2.45, 2.75) is 18.7 Å². The van der Waals surface area contributed by atoms with Crippen LogP contribution in [0.5, 0.6) is 17.4 Å². The molecule has 0 aliphatic rings. The highest BCUT2D eigenvalue weighted by molar-refractivity contribution is 7.92. The largest absolute Gasteiger partial charge is 0.496 e. The molecule has 0 bridgehead atoms. The molecule has 4 aromatic rings. The smallest absolute Gasteiger partial charge is 0.261 e. The van der Waals surface area contributed by atoms with Crippen molar-refractivity contribution in [3.8, 4) is 23.2 Å². The van der Waals surface area contributed by atoms with Gasteiger partial charge in [-0.3, -0.25) is 9.52 Å². The second-order valence-electron chi connectivity index (χ2n) is 7.53. The van der Waals surface area contributed by atoms with E-state index in [0.717, 1.165) is 17.5 Å². The number of nitrogens with zero attached hydrogens (tertiary/aromatic N) is 4. The lowest BCUT2D eigenvalue weighted by molar-refractivity contribution is 0.0997. The molecule has 0 atom stereocenters. The number of benzene rings is 2. The second kappa shape index (κ2) is 9.43. The number of hydrogen-bond acceptors (Lipinski definition) is 8. The monoisotopic (exact) mass is 494 g/mol. The van der Waals surface area contributed by atoms with Crippen LogP contribution in [0.1, 0.15) is 21.7 Å². The van der Waals surface area contributed by atoms with Crippen LogP contribution in [0, 0.1) is 13.8 Å². The van der Waals surface area contributed by atoms with Gasteiger partial charge in [0.2, 0.25) is 5.88 Å². The van der Waals surface area contributed by atoms with Gasteiger partial charge in [-0.15, -0.1) is 10.2 Å². The van der Waals surface area contributed by atoms with Crippen LogP contribution in [0.25, 0.3) is 5.82 Å². The fraction of sp³-hybridized carbons (Fsp3) is 0.130. The third kappa shape index (κ3) is 5.22. The predicted octanol–water partition coefficient (Wildman–Crippen LogP) is 2.98. The highest BCUT2D eigenvalue weighted by Crippen LogP contribution is 2.26. The molecule has 12 heteroatoms. The Morgan fingerprint density at radius 3 is 2.31 bits per heavy atom. The predicted molar refractivity (Wildman–Crippen MR) is 127 cm³/mol. The molecule has 1 amide bonds. The number of aryl methyl sites for hydroxylation is 2. The van der Waals surface area contributed by atoms with E-state index in [1.165, 1.54) is 31.4 Å². The van der Waals surface area contributed by atoms with Crippen molar-refractivity contribution in [1.82, 2.24) is 20.0 Å². The van der Waals surface area contributed by atoms with E-state index >= 15 is 0 Å². The molecular formula is C23H22N6O5S. The Hall–Kier alpha value is -4.45. The molecule has 3 N–H and O–H groups in total. The molecule has 0 unspecified atom stereocenters. The SMILES string of the molecule is COc1ccc(S(=O)(=O)Nc2ccc(Oc3ccc(-n4nc(C)cc4C)nn3)cc2)cc1C(N)=O. The number of nitrogens with two attached hydrogens (primary N) is 1. The summed E-state index contributed by atoms with van der Waals surface area (Å²) < 4.78 is 40.4. The van der Waals surface area contributed by atoms with Crippen LogP contribution >= 0.6 is 0 Å². The lowest BCUT2D eigenvalue weighted by atomic mass is 10.2. The Labute approximate surface area is 201 Å². The summed E-state index contributed by atoms with van der Waals surface area (Å²) in [6.07, 6.45) is 0. The van der Waals surface area contributed by atoms with E-state index in [1.807, 2.05) is 19.9 Å². The van der Waals surface area contributed by atoms with E-state index in [2.05, 4.69) is 20.0 Å². The van der Waals surface area contributed by atoms with Crippen LogP contribution in [-0.2, 0) is 10.0 Å². The van der Waals surface area contributed by atoms with Gasteiger partial charge >= 0.3 is 0 Å². The van der Waals surface area contributed by atoms with Crippen LogP contribution in [0.3, 0.4) is 0 Å². The van der Waals surface area contributed by atoms with E-state index in [-0.39, 0.29) is 22.1 Å². The quantitative estimate of drug-likeness (QED) is 0.379. The third-order valence-electron chi connectivity index (χ3n) is 4.93. The van der Waals surface area contributed by atoms with E-state index in [1.54, 1.807) is 28.9 Å². The summed E-state index contributed by atoms with van der Waals surface area (Å²) in [6.45, 7) is 3.82. The van der Waals surface area contributed by atoms with Crippen LogP contribution in [0.15, 0.2) is 65.6 Å². The summed E-state index contributed by atoms with van der Waals surface area (Å²) in [6, 6.07) is 15.4. The number of anilines is 1. The zero-order valence-corrected chi connectivity index (χ0v) is 19.9. The molecule has 0 aliphatic carbocycles. The first-order valence-corrected chi connectivity index (χ1v) is 11.8. The van der Waals surface area contributed by atoms with Crippen molar-refractivity contribution in [2.75, 3.05) is 11.8 Å². The summed E-state index contributed by atoms with van der Waals surface area (Å²) in [4.78, 5) is 11.5. The summed E-state index contributed by atoms with van der Waals surface area (Å²) in [7, 11) is -2.62. The minimum absolute atomic E-state index is 0.0379. The maximum Gasteiger partial charge on any atom is 0.261 e. The Bertz CT molecular complexity index is 1480. The second-order valence-corrected chi connectivity index (χ2v) is 9.21. The van der Waals surface area contributed by atoms with E-state index in [0.29, 0.717) is 17.3 Å². The van der Waals surface area contributed by atoms with Crippen molar-refractivity contribution >= 4 is 21.6 Å². The standard InChI is InChI=1S/C23H22N6O5S/c1-14-12-15(2)29(27-14)21-10-11-22(26-25-21)34-17-6-4-16(5-7-17)28-35(31,32)18-8-9-20(33-3)19(13-18)23(24)30/h4-13,28H,1-3H3,(H2,24,30). The average molecular weight is 495 g/mol. The maximum atomic E-state index is 12.8. The molecule has 180 valence electrons. The lowest BCUT2D eigenvalue weighted by Gasteiger charge is -2.11. The van der Waals surface area contributed by atoms with Crippen LogP contribution in [0.2, 0.25) is 0 Å². The topological polar surface area (TPSA) is 151 Å². The first-order valence-electron chi connectivity index (χ1n) is 10.3. The Balaban J connectivity index is 1.46. The number of hydrogen-bond donors (Lipinski definition) is 2. The van der Waals surface area contributed by atoms with Crippen molar-refractivity contribution < 1.29 is 22.7 Å². The third-order valence-corrected chi connectivity index (χ3v) is 6.31. The molecule has 4 rings (SSSR count). The summed E-state index contributed by atoms with van der Waals surface area (Å²) in [5.74, 6) is 0.642. The summed E-state index contributed by atoms with van der Waals surface area (Å²) in [5, 5.41) is 12.6. The average Bonchev–Trinajstić information content (AvgIpc) is 3.17. The summed E-state index contributed by atoms with van der Waals surface area (Å²) in [5.41, 5.74) is 7.38. The molecule has 11 nitrogen and oxygen atoms in total. The molecule has 0 aliphatic heterocycles. The molecule has 2 aromatic carbocycles. The number of aromatic nitrogens is 4. The number of sulfonamides is 1. The number of carbonyl (C=O) groups excluding carboxylic acids is 1. The highest BCUT2D eigenvalue weighted by Gasteiger charge is 2.19. The van der Waals surface area contributed by atoms with Gasteiger partial charge in [0.1, 0.15) is 11.5 Å². The molecule has 0 radical (unpaired) electrons. The van der Waals surface area contributed by atoms with Crippen molar-refractivity contribution in [1.29, 1.82) is 0 Å². The molecule has 0 saturated carbocycles. The van der Waals surface area contributed by atoms with Crippen LogP contribution in [0.4, 0.5) is 5.69 Å². The Kier molecular flexibility index (Phi) is 6.38. The maximum absolute atomic E-state index is 12.8. The van der Waals surface area contributed by atoms with Gasteiger partial charge in [-0.05, 0) is 68.4 Å². The lowest BCUT2D eigenvalue weighted by Crippen LogP contribution is -2.16. The first-order chi connectivity index (χ1) is 16.7. The molecular weight excluding hydrogens is 472 g/mol. The van der Waals surface area contributed by atoms with Gasteiger partial charge in [0.25, 0.3) is 15.9 Å². The first kappa shape index (κ1) is 23.7. The number of carbonyl (C=O) groups is 1. The number of ether oxygens (including phenoxy) is 2. The van der Waals surface area contributed by atoms with Gasteiger partial charge in [0, 0.05) is 17.4 Å².